The zero-order valence-electron chi connectivity index (χ0n) is 11.4. The topological polar surface area (TPSA) is 24.9 Å². The third-order valence-corrected chi connectivity index (χ3v) is 4.37. The Morgan fingerprint density at radius 3 is 2.74 bits per heavy atom. The fourth-order valence-electron chi connectivity index (χ4n) is 1.94. The summed E-state index contributed by atoms with van der Waals surface area (Å²) >= 11 is 8.00. The fourth-order valence-corrected chi connectivity index (χ4v) is 3.34. The van der Waals surface area contributed by atoms with Crippen LogP contribution in [-0.2, 0) is 13.0 Å². The van der Waals surface area contributed by atoms with Crippen molar-refractivity contribution in [1.29, 1.82) is 0 Å². The molecular weight excluding hydrogens is 276 g/mol. The molecule has 0 fully saturated rings. The minimum atomic E-state index is 0.772. The smallest absolute Gasteiger partial charge is 0.125 e. The largest absolute Gasteiger partial charge is 0.312 e. The van der Waals surface area contributed by atoms with Crippen LogP contribution in [-0.4, -0.2) is 11.5 Å². The standard InChI is InChI=1S/C15H19ClN2S/c1-3-7-13-14(10-17-4-2)19-15(18-13)11-8-5-6-9-12(11)16/h5-6,8-9,17H,3-4,7,10H2,1-2H3. The lowest BCUT2D eigenvalue weighted by Gasteiger charge is -2.00. The van der Waals surface area contributed by atoms with E-state index in [-0.39, 0.29) is 0 Å². The molecule has 1 aromatic heterocycles. The second-order valence-electron chi connectivity index (χ2n) is 4.40. The number of hydrogen-bond donors (Lipinski definition) is 1. The quantitative estimate of drug-likeness (QED) is 0.847. The van der Waals surface area contributed by atoms with Gasteiger partial charge in [0, 0.05) is 17.0 Å². The Kier molecular flexibility index (Phi) is 5.37. The summed E-state index contributed by atoms with van der Waals surface area (Å²) in [6, 6.07) is 7.91. The van der Waals surface area contributed by atoms with Crippen molar-refractivity contribution in [2.24, 2.45) is 0 Å². The fraction of sp³-hybridized carbons (Fsp3) is 0.400. The van der Waals surface area contributed by atoms with Crippen LogP contribution in [0.2, 0.25) is 5.02 Å². The second-order valence-corrected chi connectivity index (χ2v) is 5.89. The van der Waals surface area contributed by atoms with Gasteiger partial charge in [-0.25, -0.2) is 4.98 Å². The highest BCUT2D eigenvalue weighted by molar-refractivity contribution is 7.15. The molecule has 0 saturated heterocycles. The average Bonchev–Trinajstić information content (AvgIpc) is 2.80. The summed E-state index contributed by atoms with van der Waals surface area (Å²) in [5.41, 5.74) is 2.25. The number of rotatable bonds is 6. The highest BCUT2D eigenvalue weighted by Crippen LogP contribution is 2.33. The maximum Gasteiger partial charge on any atom is 0.125 e. The molecular formula is C15H19ClN2S. The van der Waals surface area contributed by atoms with Crippen LogP contribution in [0.1, 0.15) is 30.8 Å². The van der Waals surface area contributed by atoms with Gasteiger partial charge in [0.15, 0.2) is 0 Å². The van der Waals surface area contributed by atoms with E-state index in [1.807, 2.05) is 24.3 Å². The summed E-state index contributed by atoms with van der Waals surface area (Å²) in [5.74, 6) is 0. The van der Waals surface area contributed by atoms with E-state index in [1.165, 1.54) is 10.6 Å². The lowest BCUT2D eigenvalue weighted by Crippen LogP contribution is -2.11. The number of nitrogens with one attached hydrogen (secondary N) is 1. The number of aryl methyl sites for hydroxylation is 1. The summed E-state index contributed by atoms with van der Waals surface area (Å²) in [6.45, 7) is 6.18. The van der Waals surface area contributed by atoms with Crippen LogP contribution in [0, 0.1) is 0 Å². The molecule has 0 radical (unpaired) electrons. The van der Waals surface area contributed by atoms with E-state index in [1.54, 1.807) is 11.3 Å². The number of aromatic nitrogens is 1. The molecule has 4 heteroatoms. The molecule has 0 atom stereocenters. The molecule has 102 valence electrons. The average molecular weight is 295 g/mol. The van der Waals surface area contributed by atoms with Crippen molar-refractivity contribution in [1.82, 2.24) is 10.3 Å². The molecule has 0 unspecified atom stereocenters. The predicted octanol–water partition coefficient (Wildman–Crippen LogP) is 4.53. The molecule has 0 aliphatic carbocycles. The normalized spacial score (nSPS) is 10.9. The summed E-state index contributed by atoms with van der Waals surface area (Å²) in [5, 5.41) is 5.18. The van der Waals surface area contributed by atoms with E-state index in [4.69, 9.17) is 16.6 Å². The molecule has 0 bridgehead atoms. The Balaban J connectivity index is 2.34. The van der Waals surface area contributed by atoms with Crippen molar-refractivity contribution in [2.45, 2.75) is 33.2 Å². The van der Waals surface area contributed by atoms with Crippen molar-refractivity contribution in [3.8, 4) is 10.6 Å². The van der Waals surface area contributed by atoms with Gasteiger partial charge in [-0.2, -0.15) is 0 Å². The first-order valence-corrected chi connectivity index (χ1v) is 7.89. The molecule has 1 aromatic carbocycles. The van der Waals surface area contributed by atoms with E-state index in [9.17, 15) is 0 Å². The third kappa shape index (κ3) is 3.56. The number of benzene rings is 1. The van der Waals surface area contributed by atoms with Gasteiger partial charge in [0.25, 0.3) is 0 Å². The van der Waals surface area contributed by atoms with Crippen molar-refractivity contribution in [3.05, 3.63) is 39.9 Å². The van der Waals surface area contributed by atoms with Gasteiger partial charge in [-0.3, -0.25) is 0 Å². The highest BCUT2D eigenvalue weighted by atomic mass is 35.5. The number of thiazole rings is 1. The molecule has 0 spiro atoms. The highest BCUT2D eigenvalue weighted by Gasteiger charge is 2.13. The van der Waals surface area contributed by atoms with Crippen LogP contribution in [0.4, 0.5) is 0 Å². The predicted molar refractivity (Wildman–Crippen MR) is 83.9 cm³/mol. The third-order valence-electron chi connectivity index (χ3n) is 2.90. The van der Waals surface area contributed by atoms with Crippen LogP contribution in [0.25, 0.3) is 10.6 Å². The molecule has 0 amide bonds. The van der Waals surface area contributed by atoms with Gasteiger partial charge < -0.3 is 5.32 Å². The first kappa shape index (κ1) is 14.5. The van der Waals surface area contributed by atoms with Gasteiger partial charge in [0.05, 0.1) is 10.7 Å². The molecule has 0 aliphatic rings. The van der Waals surface area contributed by atoms with E-state index in [2.05, 4.69) is 19.2 Å². The van der Waals surface area contributed by atoms with Crippen molar-refractivity contribution in [2.75, 3.05) is 6.54 Å². The van der Waals surface area contributed by atoms with Gasteiger partial charge in [0.1, 0.15) is 5.01 Å². The molecule has 2 aromatic rings. The molecule has 2 nitrogen and oxygen atoms in total. The number of nitrogens with zero attached hydrogens (tertiary/aromatic N) is 1. The molecule has 1 heterocycles. The van der Waals surface area contributed by atoms with E-state index >= 15 is 0 Å². The van der Waals surface area contributed by atoms with Gasteiger partial charge in [-0.1, -0.05) is 50.1 Å². The lowest BCUT2D eigenvalue weighted by molar-refractivity contribution is 0.723. The van der Waals surface area contributed by atoms with E-state index in [0.29, 0.717) is 0 Å². The maximum absolute atomic E-state index is 6.25. The van der Waals surface area contributed by atoms with Gasteiger partial charge in [-0.05, 0) is 19.0 Å². The molecule has 0 saturated carbocycles. The Morgan fingerprint density at radius 2 is 2.05 bits per heavy atom. The van der Waals surface area contributed by atoms with Crippen molar-refractivity contribution >= 4 is 22.9 Å². The van der Waals surface area contributed by atoms with Gasteiger partial charge >= 0.3 is 0 Å². The van der Waals surface area contributed by atoms with E-state index in [0.717, 1.165) is 41.5 Å². The number of hydrogen-bond acceptors (Lipinski definition) is 3. The minimum absolute atomic E-state index is 0.772. The summed E-state index contributed by atoms with van der Waals surface area (Å²) < 4.78 is 0. The van der Waals surface area contributed by atoms with Crippen molar-refractivity contribution in [3.63, 3.8) is 0 Å². The van der Waals surface area contributed by atoms with Crippen LogP contribution in [0.5, 0.6) is 0 Å². The zero-order chi connectivity index (χ0) is 13.7. The Labute approximate surface area is 123 Å². The minimum Gasteiger partial charge on any atom is -0.312 e. The lowest BCUT2D eigenvalue weighted by atomic mass is 10.2. The Bertz CT molecular complexity index is 537. The van der Waals surface area contributed by atoms with Gasteiger partial charge in [-0.15, -0.1) is 11.3 Å². The van der Waals surface area contributed by atoms with Crippen LogP contribution < -0.4 is 5.32 Å². The first-order valence-electron chi connectivity index (χ1n) is 6.70. The summed E-state index contributed by atoms with van der Waals surface area (Å²) in [4.78, 5) is 6.11. The Hall–Kier alpha value is -0.900. The maximum atomic E-state index is 6.25. The van der Waals surface area contributed by atoms with Crippen LogP contribution in [0.15, 0.2) is 24.3 Å². The Morgan fingerprint density at radius 1 is 1.26 bits per heavy atom. The van der Waals surface area contributed by atoms with E-state index < -0.39 is 0 Å². The van der Waals surface area contributed by atoms with Gasteiger partial charge in [0.2, 0.25) is 0 Å². The first-order chi connectivity index (χ1) is 9.26. The van der Waals surface area contributed by atoms with Crippen LogP contribution in [0.3, 0.4) is 0 Å². The zero-order valence-corrected chi connectivity index (χ0v) is 12.9. The van der Waals surface area contributed by atoms with Crippen LogP contribution >= 0.6 is 22.9 Å². The summed E-state index contributed by atoms with van der Waals surface area (Å²) in [7, 11) is 0. The molecule has 19 heavy (non-hydrogen) atoms. The molecule has 1 N–H and O–H groups in total. The monoisotopic (exact) mass is 294 g/mol. The summed E-state index contributed by atoms with van der Waals surface area (Å²) in [6.07, 6.45) is 2.15. The second kappa shape index (κ2) is 7.04. The van der Waals surface area contributed by atoms with Crippen molar-refractivity contribution < 1.29 is 0 Å². The molecule has 2 rings (SSSR count). The SMILES string of the molecule is CCCc1nc(-c2ccccc2Cl)sc1CNCC. The number of halogens is 1. The molecule has 0 aliphatic heterocycles.